The number of rotatable bonds is 10. The fraction of sp³-hybridized carbons (Fsp3) is 0.737. The van der Waals surface area contributed by atoms with Gasteiger partial charge in [-0.2, -0.15) is 0 Å². The molecule has 1 aliphatic heterocycles. The van der Waals surface area contributed by atoms with E-state index >= 15 is 0 Å². The number of hydrogen-bond donors (Lipinski definition) is 0. The highest BCUT2D eigenvalue weighted by atomic mass is 32.2. The van der Waals surface area contributed by atoms with Gasteiger partial charge in [0.05, 0.1) is 7.11 Å². The molecular weight excluding hydrogens is 478 g/mol. The maximum absolute atomic E-state index is 12.7. The van der Waals surface area contributed by atoms with Crippen LogP contribution in [0.5, 0.6) is 0 Å². The molecule has 1 aliphatic rings. The number of carbonyl (C=O) groups is 5. The third-order valence-corrected chi connectivity index (χ3v) is 5.69. The second kappa shape index (κ2) is 13.0. The molecule has 0 unspecified atom stereocenters. The lowest BCUT2D eigenvalue weighted by molar-refractivity contribution is -0.221. The average molecular weight is 506 g/mol. The highest BCUT2D eigenvalue weighted by molar-refractivity contribution is 8.00. The quantitative estimate of drug-likeness (QED) is 0.135. The van der Waals surface area contributed by atoms with Crippen molar-refractivity contribution in [1.82, 2.24) is 0 Å². The predicted molar refractivity (Wildman–Crippen MR) is 114 cm³/mol. The normalized spacial score (nSPS) is 25.5. The first kappa shape index (κ1) is 29.0. The van der Waals surface area contributed by atoms with Gasteiger partial charge in [-0.25, -0.2) is 4.79 Å². The van der Waals surface area contributed by atoms with Gasteiger partial charge in [0.2, 0.25) is 4.93 Å². The summed E-state index contributed by atoms with van der Waals surface area (Å²) in [7, 11) is 1.12. The molecule has 15 heteroatoms. The lowest BCUT2D eigenvalue weighted by atomic mass is 9.90. The first-order valence-corrected chi connectivity index (χ1v) is 11.1. The largest absolute Gasteiger partial charge is 0.466 e. The molecule has 6 atom stereocenters. The summed E-state index contributed by atoms with van der Waals surface area (Å²) >= 11 is 0.904. The number of hydrogen-bond acceptors (Lipinski definition) is 13. The summed E-state index contributed by atoms with van der Waals surface area (Å²) in [4.78, 5) is 60.5. The van der Waals surface area contributed by atoms with E-state index in [0.29, 0.717) is 0 Å². The summed E-state index contributed by atoms with van der Waals surface area (Å²) < 4.78 is 31.7. The summed E-state index contributed by atoms with van der Waals surface area (Å²) in [6, 6.07) is -1.33. The van der Waals surface area contributed by atoms with Crippen molar-refractivity contribution in [2.24, 2.45) is 5.11 Å². The van der Waals surface area contributed by atoms with Crippen molar-refractivity contribution in [3.05, 3.63) is 10.4 Å². The van der Waals surface area contributed by atoms with Gasteiger partial charge >= 0.3 is 29.8 Å². The van der Waals surface area contributed by atoms with Gasteiger partial charge in [0.15, 0.2) is 12.2 Å². The van der Waals surface area contributed by atoms with Crippen molar-refractivity contribution >= 4 is 41.6 Å². The Labute approximate surface area is 199 Å². The van der Waals surface area contributed by atoms with E-state index in [4.69, 9.17) is 34.0 Å². The van der Waals surface area contributed by atoms with Gasteiger partial charge in [-0.05, 0) is 11.8 Å². The van der Waals surface area contributed by atoms with E-state index in [1.54, 1.807) is 0 Å². The lowest BCUT2D eigenvalue weighted by Gasteiger charge is -2.47. The maximum Gasteiger partial charge on any atom is 0.348 e. The van der Waals surface area contributed by atoms with Crippen LogP contribution in [-0.2, 0) is 52.4 Å². The summed E-state index contributed by atoms with van der Waals surface area (Å²) in [5.41, 5.74) is 9.16. The van der Waals surface area contributed by atoms with Crippen molar-refractivity contribution in [2.75, 3.05) is 20.0 Å². The van der Waals surface area contributed by atoms with Gasteiger partial charge in [-0.1, -0.05) is 5.11 Å². The first-order valence-electron chi connectivity index (χ1n) is 9.91. The van der Waals surface area contributed by atoms with E-state index < -0.39 is 71.8 Å². The number of esters is 5. The second-order valence-corrected chi connectivity index (χ2v) is 8.17. The minimum atomic E-state index is -1.78. The van der Waals surface area contributed by atoms with Crippen LogP contribution in [0.3, 0.4) is 0 Å². The highest BCUT2D eigenvalue weighted by Crippen LogP contribution is 2.42. The standard InChI is InChI=1S/C19H27N3O11S/c1-9(23)29-8-14(31-11(3)25)16(32-12(4)26)17-15(21-22-20)13(30-10(2)24)7-19(33-17,34-6)18(27)28-5/h13-17H,7-8H2,1-6H3/t13-,14+,15+,16+,17+,19-/m0/s1. The molecule has 1 rings (SSSR count). The molecule has 0 radical (unpaired) electrons. The van der Waals surface area contributed by atoms with Crippen LogP contribution in [0.15, 0.2) is 5.11 Å². The van der Waals surface area contributed by atoms with Gasteiger partial charge in [0.25, 0.3) is 0 Å². The zero-order chi connectivity index (χ0) is 26.1. The van der Waals surface area contributed by atoms with Crippen LogP contribution in [0, 0.1) is 0 Å². The van der Waals surface area contributed by atoms with Crippen molar-refractivity contribution in [2.45, 2.75) is 69.5 Å². The highest BCUT2D eigenvalue weighted by Gasteiger charge is 2.57. The molecule has 14 nitrogen and oxygen atoms in total. The molecule has 0 aromatic heterocycles. The van der Waals surface area contributed by atoms with Crippen molar-refractivity contribution in [3.63, 3.8) is 0 Å². The number of nitrogens with zero attached hydrogens (tertiary/aromatic N) is 3. The molecule has 0 bridgehead atoms. The van der Waals surface area contributed by atoms with Crippen LogP contribution < -0.4 is 0 Å². The Morgan fingerprint density at radius 2 is 1.71 bits per heavy atom. The SMILES string of the molecule is COC(=O)[C@@]1(SC)C[C@H](OC(C)=O)[C@@H](N=[N+]=[N-])[C@H]([C@H](OC(C)=O)[C@@H](COC(C)=O)OC(C)=O)O1. The van der Waals surface area contributed by atoms with E-state index in [1.807, 2.05) is 0 Å². The number of ether oxygens (including phenoxy) is 6. The Balaban J connectivity index is 3.69. The number of azide groups is 1. The Hall–Kier alpha value is -3.03. The minimum Gasteiger partial charge on any atom is -0.466 e. The smallest absolute Gasteiger partial charge is 0.348 e. The molecular formula is C19H27N3O11S. The zero-order valence-electron chi connectivity index (χ0n) is 19.5. The molecule has 1 fully saturated rings. The Kier molecular flexibility index (Phi) is 11.1. The third kappa shape index (κ3) is 7.78. The summed E-state index contributed by atoms with van der Waals surface area (Å²) in [5, 5.41) is 3.65. The van der Waals surface area contributed by atoms with Gasteiger partial charge < -0.3 is 28.4 Å². The fourth-order valence-electron chi connectivity index (χ4n) is 3.38. The lowest BCUT2D eigenvalue weighted by Crippen LogP contribution is -2.63. The van der Waals surface area contributed by atoms with Crippen molar-refractivity contribution in [3.8, 4) is 0 Å². The molecule has 0 spiro atoms. The fourth-order valence-corrected chi connectivity index (χ4v) is 4.17. The predicted octanol–water partition coefficient (Wildman–Crippen LogP) is 1.04. The van der Waals surface area contributed by atoms with Crippen LogP contribution in [0.1, 0.15) is 34.1 Å². The molecule has 1 saturated heterocycles. The minimum absolute atomic E-state index is 0.268. The maximum atomic E-state index is 12.7. The molecule has 0 aromatic carbocycles. The Morgan fingerprint density at radius 1 is 1.09 bits per heavy atom. The van der Waals surface area contributed by atoms with E-state index in [0.717, 1.165) is 46.6 Å². The van der Waals surface area contributed by atoms with E-state index in [1.165, 1.54) is 6.26 Å². The van der Waals surface area contributed by atoms with E-state index in [-0.39, 0.29) is 6.42 Å². The molecule has 1 heterocycles. The van der Waals surface area contributed by atoms with E-state index in [2.05, 4.69) is 10.0 Å². The number of carbonyl (C=O) groups excluding carboxylic acids is 5. The number of methoxy groups -OCH3 is 1. The second-order valence-electron chi connectivity index (χ2n) is 7.10. The summed E-state index contributed by atoms with van der Waals surface area (Å²) in [5.74, 6) is -3.99. The average Bonchev–Trinajstić information content (AvgIpc) is 2.74. The van der Waals surface area contributed by atoms with Gasteiger partial charge in [0.1, 0.15) is 24.9 Å². The van der Waals surface area contributed by atoms with E-state index in [9.17, 15) is 24.0 Å². The van der Waals surface area contributed by atoms with Crippen LogP contribution in [0.25, 0.3) is 10.4 Å². The monoisotopic (exact) mass is 505 g/mol. The third-order valence-electron chi connectivity index (χ3n) is 4.60. The molecule has 0 saturated carbocycles. The summed E-state index contributed by atoms with van der Waals surface area (Å²) in [6.45, 7) is 3.79. The molecule has 0 aromatic rings. The Morgan fingerprint density at radius 3 is 2.15 bits per heavy atom. The van der Waals surface area contributed by atoms with Crippen molar-refractivity contribution < 1.29 is 52.4 Å². The topological polar surface area (TPSA) is 189 Å². The first-order chi connectivity index (χ1) is 15.9. The van der Waals surface area contributed by atoms with Crippen molar-refractivity contribution in [1.29, 1.82) is 0 Å². The molecule has 0 amide bonds. The van der Waals surface area contributed by atoms with Gasteiger partial charge in [-0.15, -0.1) is 11.8 Å². The van der Waals surface area contributed by atoms with Crippen LogP contribution >= 0.6 is 11.8 Å². The summed E-state index contributed by atoms with van der Waals surface area (Å²) in [6.07, 6.45) is -4.44. The number of thioether (sulfide) groups is 1. The molecule has 0 N–H and O–H groups in total. The van der Waals surface area contributed by atoms with Crippen LogP contribution in [-0.4, -0.2) is 85.2 Å². The van der Waals surface area contributed by atoms with Gasteiger partial charge in [0, 0.05) is 39.0 Å². The van der Waals surface area contributed by atoms with Gasteiger partial charge in [-0.3, -0.25) is 19.2 Å². The Bertz CT molecular complexity index is 847. The molecule has 34 heavy (non-hydrogen) atoms. The zero-order valence-corrected chi connectivity index (χ0v) is 20.4. The molecule has 190 valence electrons. The molecule has 0 aliphatic carbocycles. The van der Waals surface area contributed by atoms with Crippen LogP contribution in [0.4, 0.5) is 0 Å². The van der Waals surface area contributed by atoms with Crippen LogP contribution in [0.2, 0.25) is 0 Å².